The Kier molecular flexibility index (Phi) is 8.98. The molecule has 1 fully saturated rings. The minimum absolute atomic E-state index is 0.144. The van der Waals surface area contributed by atoms with Crippen LogP contribution >= 0.6 is 0 Å². The third-order valence-electron chi connectivity index (χ3n) is 6.60. The first-order chi connectivity index (χ1) is 19.0. The van der Waals surface area contributed by atoms with Crippen molar-refractivity contribution < 1.29 is 24.2 Å². The minimum Gasteiger partial charge on any atom is -0.481 e. The Labute approximate surface area is 234 Å². The molecule has 3 heterocycles. The average Bonchev–Trinajstić information content (AvgIpc) is 3.21. The van der Waals surface area contributed by atoms with E-state index in [1.807, 2.05) is 52.1 Å². The molecule has 0 radical (unpaired) electrons. The Morgan fingerprint density at radius 3 is 2.67 bits per heavy atom. The fourth-order valence-electron chi connectivity index (χ4n) is 4.71. The average molecular weight is 552 g/mol. The number of carboxylic acids is 1. The molecule has 1 atom stereocenters. The van der Waals surface area contributed by atoms with Crippen molar-refractivity contribution in [3.05, 3.63) is 41.7 Å². The Morgan fingerprint density at radius 1 is 1.23 bits per heavy atom. The lowest BCUT2D eigenvalue weighted by Gasteiger charge is -2.36. The first-order valence-electron chi connectivity index (χ1n) is 13.4. The Balaban J connectivity index is 1.44. The fraction of sp³-hybridized carbons (Fsp3) is 0.500. The molecule has 2 aromatic rings. The van der Waals surface area contributed by atoms with Gasteiger partial charge >= 0.3 is 12.1 Å². The minimum atomic E-state index is -0.793. The van der Waals surface area contributed by atoms with Crippen LogP contribution in [0, 0.1) is 0 Å². The number of anilines is 2. The standard InChI is InChI=1S/C28H37N7O5/c1-28(2,3)40-27(39)35-13-11-34(12-14-35)25-23-21(26(38)32-24(23)30-18-31-25)16-29-20-8-5-7-19(15-20)17-33(4)10-6-9-22(36)37/h5,7-8,15-16,18,21H,6,9-14,17H2,1-4H3,(H,36,37)(H,30,31,32,38). The van der Waals surface area contributed by atoms with Gasteiger partial charge in [0, 0.05) is 45.4 Å². The van der Waals surface area contributed by atoms with E-state index in [1.54, 1.807) is 11.1 Å². The molecular weight excluding hydrogens is 514 g/mol. The molecule has 40 heavy (non-hydrogen) atoms. The first kappa shape index (κ1) is 28.9. The number of rotatable bonds is 9. The predicted molar refractivity (Wildman–Crippen MR) is 151 cm³/mol. The SMILES string of the molecule is CN(CCCC(=O)O)Cc1cccc(N=CC2C(=O)Nc3ncnc(N4CCN(C(=O)OC(C)(C)C)CC4)c32)c1. The Morgan fingerprint density at radius 2 is 1.98 bits per heavy atom. The first-order valence-corrected chi connectivity index (χ1v) is 13.4. The van der Waals surface area contributed by atoms with Crippen LogP contribution in [0.4, 0.5) is 22.1 Å². The third-order valence-corrected chi connectivity index (χ3v) is 6.60. The van der Waals surface area contributed by atoms with Gasteiger partial charge in [-0.05, 0) is 58.5 Å². The summed E-state index contributed by atoms with van der Waals surface area (Å²) in [5.41, 5.74) is 1.87. The zero-order chi connectivity index (χ0) is 28.9. The van der Waals surface area contributed by atoms with Crippen LogP contribution in [0.3, 0.4) is 0 Å². The summed E-state index contributed by atoms with van der Waals surface area (Å²) in [5, 5.41) is 11.7. The van der Waals surface area contributed by atoms with Gasteiger partial charge in [-0.25, -0.2) is 14.8 Å². The number of piperazine rings is 1. The zero-order valence-electron chi connectivity index (χ0n) is 23.5. The van der Waals surface area contributed by atoms with Crippen molar-refractivity contribution in [1.82, 2.24) is 19.8 Å². The largest absolute Gasteiger partial charge is 0.481 e. The van der Waals surface area contributed by atoms with Gasteiger partial charge in [-0.3, -0.25) is 14.6 Å². The molecule has 1 unspecified atom stereocenters. The zero-order valence-corrected chi connectivity index (χ0v) is 23.5. The molecule has 214 valence electrons. The number of hydrogen-bond acceptors (Lipinski definition) is 9. The number of nitrogens with one attached hydrogen (secondary N) is 1. The van der Waals surface area contributed by atoms with Gasteiger partial charge in [0.15, 0.2) is 0 Å². The molecule has 0 saturated carbocycles. The highest BCUT2D eigenvalue weighted by molar-refractivity contribution is 6.13. The van der Waals surface area contributed by atoms with Gasteiger partial charge in [0.2, 0.25) is 5.91 Å². The normalized spacial score (nSPS) is 17.3. The number of ether oxygens (including phenoxy) is 1. The summed E-state index contributed by atoms with van der Waals surface area (Å²) in [6.45, 7) is 8.91. The Bertz CT molecular complexity index is 1270. The van der Waals surface area contributed by atoms with Crippen LogP contribution in [-0.2, 0) is 20.9 Å². The molecule has 1 aromatic carbocycles. The molecule has 1 aromatic heterocycles. The van der Waals surface area contributed by atoms with E-state index in [2.05, 4.69) is 30.1 Å². The van der Waals surface area contributed by atoms with Crippen LogP contribution in [0.2, 0.25) is 0 Å². The van der Waals surface area contributed by atoms with Gasteiger partial charge in [0.1, 0.15) is 29.5 Å². The number of nitrogens with zero attached hydrogens (tertiary/aromatic N) is 6. The molecule has 4 rings (SSSR count). The molecule has 1 saturated heterocycles. The number of aliphatic imine (C=N–C) groups is 1. The second-order valence-corrected chi connectivity index (χ2v) is 11.1. The summed E-state index contributed by atoms with van der Waals surface area (Å²) in [6, 6.07) is 7.73. The number of benzene rings is 1. The second-order valence-electron chi connectivity index (χ2n) is 11.1. The lowest BCUT2D eigenvalue weighted by molar-refractivity contribution is -0.137. The van der Waals surface area contributed by atoms with Gasteiger partial charge < -0.3 is 29.9 Å². The number of carbonyl (C=O) groups excluding carboxylic acids is 2. The van der Waals surface area contributed by atoms with E-state index in [-0.39, 0.29) is 18.4 Å². The molecule has 0 spiro atoms. The topological polar surface area (TPSA) is 141 Å². The maximum absolute atomic E-state index is 12.9. The highest BCUT2D eigenvalue weighted by Crippen LogP contribution is 2.37. The molecule has 12 heteroatoms. The Hall–Kier alpha value is -4.06. The molecule has 2 aliphatic heterocycles. The van der Waals surface area contributed by atoms with Gasteiger partial charge in [0.05, 0.1) is 11.3 Å². The van der Waals surface area contributed by atoms with Crippen LogP contribution in [0.15, 0.2) is 35.6 Å². The summed E-state index contributed by atoms with van der Waals surface area (Å²) in [4.78, 5) is 55.4. The summed E-state index contributed by atoms with van der Waals surface area (Å²) in [7, 11) is 1.95. The van der Waals surface area contributed by atoms with Gasteiger partial charge in [-0.1, -0.05) is 12.1 Å². The van der Waals surface area contributed by atoms with Crippen molar-refractivity contribution in [3.63, 3.8) is 0 Å². The number of carboxylic acid groups (broad SMARTS) is 1. The van der Waals surface area contributed by atoms with Crippen molar-refractivity contribution in [2.24, 2.45) is 4.99 Å². The number of aliphatic carboxylic acids is 1. The maximum Gasteiger partial charge on any atom is 0.410 e. The van der Waals surface area contributed by atoms with Gasteiger partial charge in [0.25, 0.3) is 0 Å². The van der Waals surface area contributed by atoms with E-state index in [1.165, 1.54) is 6.33 Å². The molecule has 12 nitrogen and oxygen atoms in total. The monoisotopic (exact) mass is 551 g/mol. The quantitative estimate of drug-likeness (QED) is 0.449. The van der Waals surface area contributed by atoms with Crippen LogP contribution < -0.4 is 10.2 Å². The summed E-state index contributed by atoms with van der Waals surface area (Å²) >= 11 is 0. The highest BCUT2D eigenvalue weighted by atomic mass is 16.6. The summed E-state index contributed by atoms with van der Waals surface area (Å²) in [5.74, 6) is -0.545. The number of amides is 2. The molecule has 0 aliphatic carbocycles. The number of hydrogen-bond donors (Lipinski definition) is 2. The maximum atomic E-state index is 12.9. The lowest BCUT2D eigenvalue weighted by Crippen LogP contribution is -2.50. The van der Waals surface area contributed by atoms with Gasteiger partial charge in [-0.2, -0.15) is 0 Å². The fourth-order valence-corrected chi connectivity index (χ4v) is 4.71. The van der Waals surface area contributed by atoms with Crippen molar-refractivity contribution in [1.29, 1.82) is 0 Å². The highest BCUT2D eigenvalue weighted by Gasteiger charge is 2.36. The third kappa shape index (κ3) is 7.53. The van der Waals surface area contributed by atoms with Crippen LogP contribution in [0.5, 0.6) is 0 Å². The lowest BCUT2D eigenvalue weighted by atomic mass is 10.0. The van der Waals surface area contributed by atoms with Crippen molar-refractivity contribution in [2.75, 3.05) is 50.0 Å². The molecule has 2 aliphatic rings. The van der Waals surface area contributed by atoms with E-state index in [0.717, 1.165) is 5.56 Å². The summed E-state index contributed by atoms with van der Waals surface area (Å²) < 4.78 is 5.50. The molecule has 2 N–H and O–H groups in total. The van der Waals surface area contributed by atoms with E-state index in [4.69, 9.17) is 9.84 Å². The molecular formula is C28H37N7O5. The van der Waals surface area contributed by atoms with E-state index >= 15 is 0 Å². The number of carbonyl (C=O) groups is 3. The van der Waals surface area contributed by atoms with Crippen LogP contribution in [0.25, 0.3) is 0 Å². The van der Waals surface area contributed by atoms with E-state index < -0.39 is 17.5 Å². The van der Waals surface area contributed by atoms with E-state index in [0.29, 0.717) is 68.6 Å². The summed E-state index contributed by atoms with van der Waals surface area (Å²) in [6.07, 6.45) is 3.45. The van der Waals surface area contributed by atoms with Crippen molar-refractivity contribution in [2.45, 2.75) is 51.7 Å². The second kappa shape index (κ2) is 12.4. The smallest absolute Gasteiger partial charge is 0.410 e. The molecule has 2 amide bonds. The van der Waals surface area contributed by atoms with Crippen molar-refractivity contribution >= 4 is 41.5 Å². The van der Waals surface area contributed by atoms with Crippen LogP contribution in [0.1, 0.15) is 50.7 Å². The predicted octanol–water partition coefficient (Wildman–Crippen LogP) is 3.27. The number of aromatic nitrogens is 2. The van der Waals surface area contributed by atoms with Crippen molar-refractivity contribution in [3.8, 4) is 0 Å². The van der Waals surface area contributed by atoms with Gasteiger partial charge in [-0.15, -0.1) is 0 Å². The van der Waals surface area contributed by atoms with E-state index in [9.17, 15) is 14.4 Å². The number of fused-ring (bicyclic) bond motifs is 1. The van der Waals surface area contributed by atoms with Crippen LogP contribution in [-0.4, -0.2) is 94.4 Å². The molecule has 0 bridgehead atoms.